The van der Waals surface area contributed by atoms with Crippen molar-refractivity contribution in [3.05, 3.63) is 29.3 Å². The molecule has 1 heterocycles. The molecular formula is C15H20N2O3. The van der Waals surface area contributed by atoms with Crippen LogP contribution in [0, 0.1) is 0 Å². The molecule has 0 radical (unpaired) electrons. The first-order valence-electron chi connectivity index (χ1n) is 6.53. The molecule has 2 rings (SSSR count). The van der Waals surface area contributed by atoms with Gasteiger partial charge in [0.05, 0.1) is 19.8 Å². The summed E-state index contributed by atoms with van der Waals surface area (Å²) in [4.78, 5) is 14.3. The van der Waals surface area contributed by atoms with Gasteiger partial charge < -0.3 is 20.1 Å². The molecule has 0 aliphatic carbocycles. The minimum Gasteiger partial charge on any atom is -0.493 e. The summed E-state index contributed by atoms with van der Waals surface area (Å²) in [5.74, 6) is 0.955. The monoisotopic (exact) mass is 276 g/mol. The first-order chi connectivity index (χ1) is 9.56. The number of ether oxygens (including phenoxy) is 2. The fraction of sp³-hybridized carbons (Fsp3) is 0.400. The van der Waals surface area contributed by atoms with Crippen LogP contribution in [0.3, 0.4) is 0 Å². The Morgan fingerprint density at radius 2 is 1.90 bits per heavy atom. The molecular weight excluding hydrogens is 256 g/mol. The lowest BCUT2D eigenvalue weighted by molar-refractivity contribution is 0.0769. The molecule has 0 atom stereocenters. The van der Waals surface area contributed by atoms with E-state index in [-0.39, 0.29) is 5.91 Å². The van der Waals surface area contributed by atoms with E-state index in [1.165, 1.54) is 19.8 Å². The highest BCUT2D eigenvalue weighted by Gasteiger charge is 2.21. The van der Waals surface area contributed by atoms with Crippen molar-refractivity contribution in [3.8, 4) is 11.5 Å². The van der Waals surface area contributed by atoms with Gasteiger partial charge in [0.25, 0.3) is 5.91 Å². The molecule has 1 aliphatic heterocycles. The summed E-state index contributed by atoms with van der Waals surface area (Å²) in [6, 6.07) is 3.26. The van der Waals surface area contributed by atoms with Gasteiger partial charge in [0.1, 0.15) is 0 Å². The lowest BCUT2D eigenvalue weighted by Crippen LogP contribution is -2.35. The van der Waals surface area contributed by atoms with Gasteiger partial charge in [0, 0.05) is 24.8 Å². The van der Waals surface area contributed by atoms with E-state index in [1.54, 1.807) is 17.0 Å². The van der Waals surface area contributed by atoms with Gasteiger partial charge in [-0.3, -0.25) is 4.79 Å². The van der Waals surface area contributed by atoms with Crippen LogP contribution in [0.5, 0.6) is 11.5 Å². The third-order valence-corrected chi connectivity index (χ3v) is 3.51. The molecule has 0 saturated heterocycles. The molecule has 1 aromatic carbocycles. The van der Waals surface area contributed by atoms with Crippen molar-refractivity contribution in [2.75, 3.05) is 33.0 Å². The van der Waals surface area contributed by atoms with E-state index in [1.807, 2.05) is 0 Å². The van der Waals surface area contributed by atoms with E-state index in [2.05, 4.69) is 13.0 Å². The zero-order valence-electron chi connectivity index (χ0n) is 12.1. The van der Waals surface area contributed by atoms with Crippen molar-refractivity contribution in [3.63, 3.8) is 0 Å². The quantitative estimate of drug-likeness (QED) is 0.678. The predicted molar refractivity (Wildman–Crippen MR) is 78.2 cm³/mol. The van der Waals surface area contributed by atoms with Crippen molar-refractivity contribution in [2.45, 2.75) is 13.3 Å². The lowest BCUT2D eigenvalue weighted by Gasteiger charge is -2.26. The van der Waals surface area contributed by atoms with Crippen LogP contribution in [-0.2, 0) is 0 Å². The number of carbonyl (C=O) groups is 1. The lowest BCUT2D eigenvalue weighted by atomic mass is 10.1. The van der Waals surface area contributed by atoms with Crippen LogP contribution in [0.2, 0.25) is 0 Å². The van der Waals surface area contributed by atoms with Gasteiger partial charge in [0.2, 0.25) is 0 Å². The maximum atomic E-state index is 12.5. The molecule has 0 aromatic heterocycles. The smallest absolute Gasteiger partial charge is 0.256 e. The van der Waals surface area contributed by atoms with E-state index in [0.717, 1.165) is 13.0 Å². The van der Waals surface area contributed by atoms with Gasteiger partial charge in [-0.15, -0.1) is 0 Å². The number of benzene rings is 1. The maximum Gasteiger partial charge on any atom is 0.256 e. The summed E-state index contributed by atoms with van der Waals surface area (Å²) in [5, 5.41) is 0. The highest BCUT2D eigenvalue weighted by Crippen LogP contribution is 2.32. The second kappa shape index (κ2) is 5.86. The average Bonchev–Trinajstić information content (AvgIpc) is 2.47. The van der Waals surface area contributed by atoms with Gasteiger partial charge in [0.15, 0.2) is 11.5 Å². The van der Waals surface area contributed by atoms with Crippen molar-refractivity contribution in [2.24, 2.45) is 0 Å². The molecule has 0 spiro atoms. The number of anilines is 1. The standard InChI is InChI=1S/C15H20N2O3/c1-10-4-6-17(7-5-10)15(18)11-8-13(19-2)14(20-3)9-12(11)16/h4,8-9H,5-7,16H2,1-3H3. The molecule has 1 amide bonds. The van der Waals surface area contributed by atoms with Gasteiger partial charge >= 0.3 is 0 Å². The first-order valence-corrected chi connectivity index (χ1v) is 6.53. The zero-order valence-corrected chi connectivity index (χ0v) is 12.1. The largest absolute Gasteiger partial charge is 0.493 e. The van der Waals surface area contributed by atoms with Crippen LogP contribution in [0.25, 0.3) is 0 Å². The Balaban J connectivity index is 2.30. The molecule has 0 unspecified atom stereocenters. The minimum absolute atomic E-state index is 0.0767. The molecule has 5 nitrogen and oxygen atoms in total. The number of hydrogen-bond acceptors (Lipinski definition) is 4. The predicted octanol–water partition coefficient (Wildman–Crippen LogP) is 2.08. The number of amides is 1. The summed E-state index contributed by atoms with van der Waals surface area (Å²) in [5.41, 5.74) is 8.13. The Kier molecular flexibility index (Phi) is 4.17. The van der Waals surface area contributed by atoms with E-state index in [9.17, 15) is 4.79 Å². The maximum absolute atomic E-state index is 12.5. The molecule has 0 fully saturated rings. The molecule has 20 heavy (non-hydrogen) atoms. The topological polar surface area (TPSA) is 64.8 Å². The van der Waals surface area contributed by atoms with E-state index >= 15 is 0 Å². The summed E-state index contributed by atoms with van der Waals surface area (Å²) >= 11 is 0. The Morgan fingerprint density at radius 3 is 2.45 bits per heavy atom. The van der Waals surface area contributed by atoms with Crippen LogP contribution in [-0.4, -0.2) is 38.1 Å². The number of nitrogens with zero attached hydrogens (tertiary/aromatic N) is 1. The normalized spacial score (nSPS) is 14.8. The fourth-order valence-electron chi connectivity index (χ4n) is 2.21. The summed E-state index contributed by atoms with van der Waals surface area (Å²) in [7, 11) is 3.08. The van der Waals surface area contributed by atoms with Crippen LogP contribution >= 0.6 is 0 Å². The number of rotatable bonds is 3. The van der Waals surface area contributed by atoms with Gasteiger partial charge in [-0.05, 0) is 19.4 Å². The Labute approximate surface area is 119 Å². The summed E-state index contributed by atoms with van der Waals surface area (Å²) in [6.45, 7) is 3.42. The Morgan fingerprint density at radius 1 is 1.25 bits per heavy atom. The van der Waals surface area contributed by atoms with Crippen molar-refractivity contribution >= 4 is 11.6 Å². The second-order valence-corrected chi connectivity index (χ2v) is 4.85. The van der Waals surface area contributed by atoms with Gasteiger partial charge in [-0.1, -0.05) is 11.6 Å². The number of carbonyl (C=O) groups excluding carboxylic acids is 1. The molecule has 1 aromatic rings. The highest BCUT2D eigenvalue weighted by molar-refractivity contribution is 6.00. The molecule has 0 bridgehead atoms. The molecule has 2 N–H and O–H groups in total. The number of methoxy groups -OCH3 is 2. The average molecular weight is 276 g/mol. The number of nitrogen functional groups attached to an aromatic ring is 1. The van der Waals surface area contributed by atoms with E-state index in [4.69, 9.17) is 15.2 Å². The third kappa shape index (κ3) is 2.71. The van der Waals surface area contributed by atoms with Crippen molar-refractivity contribution < 1.29 is 14.3 Å². The molecule has 1 aliphatic rings. The van der Waals surface area contributed by atoms with Crippen LogP contribution in [0.1, 0.15) is 23.7 Å². The van der Waals surface area contributed by atoms with E-state index in [0.29, 0.717) is 29.3 Å². The van der Waals surface area contributed by atoms with Crippen molar-refractivity contribution in [1.29, 1.82) is 0 Å². The fourth-order valence-corrected chi connectivity index (χ4v) is 2.21. The third-order valence-electron chi connectivity index (χ3n) is 3.51. The van der Waals surface area contributed by atoms with Crippen LogP contribution in [0.4, 0.5) is 5.69 Å². The van der Waals surface area contributed by atoms with Crippen LogP contribution < -0.4 is 15.2 Å². The van der Waals surface area contributed by atoms with Gasteiger partial charge in [-0.2, -0.15) is 0 Å². The number of hydrogen-bond donors (Lipinski definition) is 1. The zero-order chi connectivity index (χ0) is 14.7. The molecule has 0 saturated carbocycles. The molecule has 108 valence electrons. The summed E-state index contributed by atoms with van der Waals surface area (Å²) in [6.07, 6.45) is 2.97. The SMILES string of the molecule is COc1cc(N)c(C(=O)N2CC=C(C)CC2)cc1OC. The second-order valence-electron chi connectivity index (χ2n) is 4.85. The Bertz CT molecular complexity index is 552. The van der Waals surface area contributed by atoms with Crippen LogP contribution in [0.15, 0.2) is 23.8 Å². The van der Waals surface area contributed by atoms with Gasteiger partial charge in [-0.25, -0.2) is 0 Å². The number of nitrogens with two attached hydrogens (primary N) is 1. The Hall–Kier alpha value is -2.17. The minimum atomic E-state index is -0.0767. The first kappa shape index (κ1) is 14.2. The van der Waals surface area contributed by atoms with Crippen molar-refractivity contribution in [1.82, 2.24) is 4.90 Å². The summed E-state index contributed by atoms with van der Waals surface area (Å²) < 4.78 is 10.4. The van der Waals surface area contributed by atoms with E-state index < -0.39 is 0 Å². The highest BCUT2D eigenvalue weighted by atomic mass is 16.5. The molecule has 5 heteroatoms.